The normalized spacial score (nSPS) is 14.2. The minimum absolute atomic E-state index is 0.0309. The Balaban J connectivity index is 2.73. The lowest BCUT2D eigenvalue weighted by Gasteiger charge is -2.16. The van der Waals surface area contributed by atoms with E-state index in [1.165, 1.54) is 19.2 Å². The lowest BCUT2D eigenvalue weighted by Crippen LogP contribution is -2.19. The summed E-state index contributed by atoms with van der Waals surface area (Å²) in [6.45, 7) is 2.06. The van der Waals surface area contributed by atoms with Gasteiger partial charge in [-0.15, -0.1) is 0 Å². The molecule has 0 radical (unpaired) electrons. The first-order valence-corrected chi connectivity index (χ1v) is 6.13. The monoisotopic (exact) mass is 256 g/mol. The van der Waals surface area contributed by atoms with Crippen molar-refractivity contribution in [3.05, 3.63) is 28.3 Å². The molecule has 0 aliphatic carbocycles. The van der Waals surface area contributed by atoms with Gasteiger partial charge >= 0.3 is 5.63 Å². The van der Waals surface area contributed by atoms with Crippen molar-refractivity contribution in [2.45, 2.75) is 44.8 Å². The molecule has 0 aliphatic rings. The molecule has 18 heavy (non-hydrogen) atoms. The molecule has 2 atom stereocenters. The molecular formula is C13H20O5. The van der Waals surface area contributed by atoms with Gasteiger partial charge in [-0.05, 0) is 6.42 Å². The first-order chi connectivity index (χ1) is 8.58. The fraction of sp³-hybridized carbons (Fsp3) is 0.615. The fourth-order valence-electron chi connectivity index (χ4n) is 1.69. The van der Waals surface area contributed by atoms with Crippen LogP contribution in [-0.4, -0.2) is 23.4 Å². The molecule has 5 nitrogen and oxygen atoms in total. The van der Waals surface area contributed by atoms with Gasteiger partial charge in [0.15, 0.2) is 0 Å². The molecule has 0 amide bonds. The quantitative estimate of drug-likeness (QED) is 0.725. The Hall–Kier alpha value is -1.33. The Morgan fingerprint density at radius 3 is 2.67 bits per heavy atom. The molecule has 0 saturated carbocycles. The number of ether oxygens (including phenoxy) is 1. The van der Waals surface area contributed by atoms with Crippen LogP contribution in [0.1, 0.15) is 44.5 Å². The Morgan fingerprint density at radius 1 is 1.33 bits per heavy atom. The third kappa shape index (κ3) is 4.16. The number of rotatable bonds is 7. The highest BCUT2D eigenvalue weighted by Gasteiger charge is 2.21. The maximum atomic E-state index is 11.2. The van der Waals surface area contributed by atoms with Gasteiger partial charge in [0, 0.05) is 6.07 Å². The molecule has 0 spiro atoms. The van der Waals surface area contributed by atoms with Crippen molar-refractivity contribution >= 4 is 0 Å². The summed E-state index contributed by atoms with van der Waals surface area (Å²) in [5.74, 6) is 0.337. The van der Waals surface area contributed by atoms with Crippen LogP contribution in [0.4, 0.5) is 0 Å². The van der Waals surface area contributed by atoms with E-state index in [9.17, 15) is 15.0 Å². The van der Waals surface area contributed by atoms with Gasteiger partial charge in [-0.3, -0.25) is 0 Å². The van der Waals surface area contributed by atoms with Crippen molar-refractivity contribution in [3.8, 4) is 5.75 Å². The summed E-state index contributed by atoms with van der Waals surface area (Å²) < 4.78 is 9.77. The Bertz CT molecular complexity index is 412. The van der Waals surface area contributed by atoms with E-state index in [0.717, 1.165) is 19.3 Å². The average molecular weight is 256 g/mol. The predicted molar refractivity (Wildman–Crippen MR) is 66.6 cm³/mol. The highest BCUT2D eigenvalue weighted by Crippen LogP contribution is 2.22. The summed E-state index contributed by atoms with van der Waals surface area (Å²) >= 11 is 0. The van der Waals surface area contributed by atoms with Crippen LogP contribution in [0.5, 0.6) is 5.75 Å². The summed E-state index contributed by atoms with van der Waals surface area (Å²) in [7, 11) is 1.42. The SMILES string of the molecule is CCCCC[C@@H](O)[C@H](O)c1cc(OC)cc(=O)o1. The first kappa shape index (κ1) is 14.7. The molecular weight excluding hydrogens is 236 g/mol. The van der Waals surface area contributed by atoms with Crippen LogP contribution < -0.4 is 10.4 Å². The summed E-state index contributed by atoms with van der Waals surface area (Å²) in [6.07, 6.45) is 1.18. The van der Waals surface area contributed by atoms with Crippen molar-refractivity contribution in [2.75, 3.05) is 7.11 Å². The maximum absolute atomic E-state index is 11.2. The molecule has 0 bridgehead atoms. The van der Waals surface area contributed by atoms with Gasteiger partial charge in [-0.2, -0.15) is 0 Å². The maximum Gasteiger partial charge on any atom is 0.339 e. The molecule has 102 valence electrons. The minimum Gasteiger partial charge on any atom is -0.496 e. The van der Waals surface area contributed by atoms with E-state index in [4.69, 9.17) is 9.15 Å². The second kappa shape index (κ2) is 7.18. The highest BCUT2D eigenvalue weighted by molar-refractivity contribution is 5.21. The predicted octanol–water partition coefficient (Wildman–Crippen LogP) is 1.62. The zero-order chi connectivity index (χ0) is 13.5. The van der Waals surface area contributed by atoms with Crippen molar-refractivity contribution in [3.63, 3.8) is 0 Å². The first-order valence-electron chi connectivity index (χ1n) is 6.13. The molecule has 0 saturated heterocycles. The molecule has 1 rings (SSSR count). The van der Waals surface area contributed by atoms with Gasteiger partial charge < -0.3 is 19.4 Å². The van der Waals surface area contributed by atoms with Crippen LogP contribution in [0.15, 0.2) is 21.3 Å². The molecule has 5 heteroatoms. The van der Waals surface area contributed by atoms with Crippen LogP contribution in [0.25, 0.3) is 0 Å². The van der Waals surface area contributed by atoms with Gasteiger partial charge in [-0.1, -0.05) is 26.2 Å². The van der Waals surface area contributed by atoms with Crippen LogP contribution in [-0.2, 0) is 0 Å². The van der Waals surface area contributed by atoms with Crippen LogP contribution in [0.3, 0.4) is 0 Å². The fourth-order valence-corrected chi connectivity index (χ4v) is 1.69. The Kier molecular flexibility index (Phi) is 5.88. The summed E-state index contributed by atoms with van der Waals surface area (Å²) in [6, 6.07) is 2.59. The third-order valence-electron chi connectivity index (χ3n) is 2.76. The van der Waals surface area contributed by atoms with Crippen molar-refractivity contribution < 1.29 is 19.4 Å². The Labute approximate surface area is 106 Å². The lowest BCUT2D eigenvalue weighted by molar-refractivity contribution is -0.00218. The van der Waals surface area contributed by atoms with E-state index in [0.29, 0.717) is 12.2 Å². The zero-order valence-electron chi connectivity index (χ0n) is 10.8. The van der Waals surface area contributed by atoms with Crippen molar-refractivity contribution in [1.29, 1.82) is 0 Å². The average Bonchev–Trinajstić information content (AvgIpc) is 2.37. The Morgan fingerprint density at radius 2 is 2.06 bits per heavy atom. The van der Waals surface area contributed by atoms with Crippen LogP contribution in [0.2, 0.25) is 0 Å². The number of methoxy groups -OCH3 is 1. The van der Waals surface area contributed by atoms with E-state index in [1.54, 1.807) is 0 Å². The van der Waals surface area contributed by atoms with Gasteiger partial charge in [0.2, 0.25) is 0 Å². The van der Waals surface area contributed by atoms with E-state index >= 15 is 0 Å². The van der Waals surface area contributed by atoms with Crippen molar-refractivity contribution in [2.24, 2.45) is 0 Å². The van der Waals surface area contributed by atoms with E-state index in [1.807, 2.05) is 0 Å². The molecule has 1 heterocycles. The van der Waals surface area contributed by atoms with E-state index in [-0.39, 0.29) is 5.76 Å². The third-order valence-corrected chi connectivity index (χ3v) is 2.76. The molecule has 1 aromatic rings. The standard InChI is InChI=1S/C13H20O5/c1-3-4-5-6-10(14)13(16)11-7-9(17-2)8-12(15)18-11/h7-8,10,13-14,16H,3-6H2,1-2H3/t10-,13+/m1/s1. The van der Waals surface area contributed by atoms with Gasteiger partial charge in [-0.25, -0.2) is 4.79 Å². The molecule has 0 aliphatic heterocycles. The largest absolute Gasteiger partial charge is 0.496 e. The van der Waals surface area contributed by atoms with Gasteiger partial charge in [0.1, 0.15) is 17.6 Å². The minimum atomic E-state index is -1.20. The molecule has 0 aromatic carbocycles. The number of hydrogen-bond acceptors (Lipinski definition) is 5. The summed E-state index contributed by atoms with van der Waals surface area (Å²) in [5.41, 5.74) is -0.607. The highest BCUT2D eigenvalue weighted by atomic mass is 16.5. The summed E-state index contributed by atoms with van der Waals surface area (Å²) in [5, 5.41) is 19.7. The zero-order valence-corrected chi connectivity index (χ0v) is 10.8. The van der Waals surface area contributed by atoms with Crippen molar-refractivity contribution in [1.82, 2.24) is 0 Å². The number of unbranched alkanes of at least 4 members (excludes halogenated alkanes) is 2. The molecule has 0 unspecified atom stereocenters. The molecule has 2 N–H and O–H groups in total. The second-order valence-corrected chi connectivity index (χ2v) is 4.23. The van der Waals surface area contributed by atoms with Crippen LogP contribution in [0, 0.1) is 0 Å². The lowest BCUT2D eigenvalue weighted by atomic mass is 10.0. The van der Waals surface area contributed by atoms with Gasteiger partial charge in [0.25, 0.3) is 0 Å². The topological polar surface area (TPSA) is 79.9 Å². The second-order valence-electron chi connectivity index (χ2n) is 4.23. The number of aliphatic hydroxyl groups is 2. The number of hydrogen-bond donors (Lipinski definition) is 2. The van der Waals surface area contributed by atoms with E-state index < -0.39 is 17.8 Å². The van der Waals surface area contributed by atoms with Gasteiger partial charge in [0.05, 0.1) is 19.3 Å². The molecule has 1 aromatic heterocycles. The number of aliphatic hydroxyl groups excluding tert-OH is 2. The summed E-state index contributed by atoms with van der Waals surface area (Å²) in [4.78, 5) is 11.2. The molecule has 0 fully saturated rings. The smallest absolute Gasteiger partial charge is 0.339 e. The van der Waals surface area contributed by atoms with Crippen LogP contribution >= 0.6 is 0 Å². The van der Waals surface area contributed by atoms with E-state index in [2.05, 4.69) is 6.92 Å².